The van der Waals surface area contributed by atoms with Crippen LogP contribution in [0.15, 0.2) is 24.3 Å². The van der Waals surface area contributed by atoms with E-state index in [-0.39, 0.29) is 5.69 Å². The van der Waals surface area contributed by atoms with Gasteiger partial charge in [-0.3, -0.25) is 0 Å². The predicted molar refractivity (Wildman–Crippen MR) is 72.5 cm³/mol. The van der Waals surface area contributed by atoms with E-state index >= 15 is 0 Å². The van der Waals surface area contributed by atoms with E-state index in [1.165, 1.54) is 6.07 Å². The Labute approximate surface area is 124 Å². The number of hydrogen-bond acceptors (Lipinski definition) is 3. The third kappa shape index (κ3) is 2.64. The van der Waals surface area contributed by atoms with Crippen molar-refractivity contribution < 1.29 is 22.3 Å². The molecule has 3 nitrogen and oxygen atoms in total. The first kappa shape index (κ1) is 14.8. The number of hydrogen-bond donors (Lipinski definition) is 0. The molecule has 1 fully saturated rings. The van der Waals surface area contributed by atoms with Crippen molar-refractivity contribution in [1.82, 2.24) is 4.98 Å². The molecule has 0 N–H and O–H groups in total. The molecule has 0 spiro atoms. The number of halogens is 4. The Morgan fingerprint density at radius 3 is 2.41 bits per heavy atom. The topological polar surface area (TPSA) is 25.4 Å². The lowest BCUT2D eigenvalue weighted by Gasteiger charge is -2.28. The number of anilines is 1. The zero-order valence-electron chi connectivity index (χ0n) is 11.5. The first-order chi connectivity index (χ1) is 10.6. The molecule has 1 saturated heterocycles. The van der Waals surface area contributed by atoms with Gasteiger partial charge in [0.1, 0.15) is 5.82 Å². The van der Waals surface area contributed by atoms with E-state index in [0.29, 0.717) is 38.2 Å². The van der Waals surface area contributed by atoms with Crippen molar-refractivity contribution in [3.8, 4) is 11.3 Å². The highest BCUT2D eigenvalue weighted by molar-refractivity contribution is 5.62. The third-order valence-corrected chi connectivity index (χ3v) is 3.45. The Bertz CT molecular complexity index is 702. The van der Waals surface area contributed by atoms with Crippen molar-refractivity contribution in [3.63, 3.8) is 0 Å². The largest absolute Gasteiger partial charge is 0.378 e. The van der Waals surface area contributed by atoms with Gasteiger partial charge in [0.15, 0.2) is 23.3 Å². The Hall–Kier alpha value is -2.15. The number of rotatable bonds is 2. The number of morpholine rings is 1. The first-order valence-corrected chi connectivity index (χ1v) is 6.71. The predicted octanol–water partition coefficient (Wildman–Crippen LogP) is 3.14. The lowest BCUT2D eigenvalue weighted by Crippen LogP contribution is -2.36. The number of benzene rings is 1. The minimum absolute atomic E-state index is 0.0410. The van der Waals surface area contributed by atoms with Crippen LogP contribution in [-0.2, 0) is 4.74 Å². The summed E-state index contributed by atoms with van der Waals surface area (Å²) < 4.78 is 58.8. The summed E-state index contributed by atoms with van der Waals surface area (Å²) in [4.78, 5) is 6.13. The summed E-state index contributed by atoms with van der Waals surface area (Å²) in [5.41, 5.74) is -0.370. The summed E-state index contributed by atoms with van der Waals surface area (Å²) in [5, 5.41) is 0. The van der Waals surface area contributed by atoms with Crippen molar-refractivity contribution in [2.45, 2.75) is 0 Å². The van der Waals surface area contributed by atoms with Gasteiger partial charge in [-0.2, -0.15) is 0 Å². The number of aromatic nitrogens is 1. The maximum Gasteiger partial charge on any atom is 0.198 e. The summed E-state index contributed by atoms with van der Waals surface area (Å²) in [7, 11) is 0. The normalized spacial score (nSPS) is 15.2. The van der Waals surface area contributed by atoms with Gasteiger partial charge in [0.2, 0.25) is 0 Å². The summed E-state index contributed by atoms with van der Waals surface area (Å²) >= 11 is 0. The lowest BCUT2D eigenvalue weighted by atomic mass is 10.1. The highest BCUT2D eigenvalue weighted by Crippen LogP contribution is 2.28. The van der Waals surface area contributed by atoms with Crippen LogP contribution in [0, 0.1) is 23.3 Å². The molecule has 22 heavy (non-hydrogen) atoms. The van der Waals surface area contributed by atoms with Crippen LogP contribution in [0.2, 0.25) is 0 Å². The third-order valence-electron chi connectivity index (χ3n) is 3.45. The van der Waals surface area contributed by atoms with Crippen molar-refractivity contribution in [2.24, 2.45) is 0 Å². The van der Waals surface area contributed by atoms with Crippen LogP contribution >= 0.6 is 0 Å². The highest BCUT2D eigenvalue weighted by atomic mass is 19.2. The SMILES string of the molecule is Fc1cc(-c2cccc(N3CCOCC3)n2)c(F)c(F)c1F. The van der Waals surface area contributed by atoms with E-state index in [1.54, 1.807) is 12.1 Å². The Morgan fingerprint density at radius 2 is 1.68 bits per heavy atom. The Kier molecular flexibility index (Phi) is 3.98. The molecule has 2 heterocycles. The van der Waals surface area contributed by atoms with Crippen molar-refractivity contribution in [1.29, 1.82) is 0 Å². The summed E-state index contributed by atoms with van der Waals surface area (Å²) in [6, 6.07) is 5.34. The van der Waals surface area contributed by atoms with Gasteiger partial charge in [0.05, 0.1) is 18.9 Å². The van der Waals surface area contributed by atoms with Crippen LogP contribution in [0.25, 0.3) is 11.3 Å². The molecular weight excluding hydrogens is 300 g/mol. The minimum Gasteiger partial charge on any atom is -0.378 e. The second-order valence-electron chi connectivity index (χ2n) is 4.83. The lowest BCUT2D eigenvalue weighted by molar-refractivity contribution is 0.122. The molecule has 2 aromatic rings. The molecule has 0 amide bonds. The van der Waals surface area contributed by atoms with Gasteiger partial charge in [0.25, 0.3) is 0 Å². The van der Waals surface area contributed by atoms with Gasteiger partial charge < -0.3 is 9.64 Å². The van der Waals surface area contributed by atoms with Crippen molar-refractivity contribution in [3.05, 3.63) is 47.5 Å². The number of ether oxygens (including phenoxy) is 1. The maximum absolute atomic E-state index is 13.8. The number of nitrogens with zero attached hydrogens (tertiary/aromatic N) is 2. The molecule has 0 saturated carbocycles. The second-order valence-corrected chi connectivity index (χ2v) is 4.83. The van der Waals surface area contributed by atoms with E-state index < -0.39 is 28.8 Å². The molecule has 0 aliphatic carbocycles. The van der Waals surface area contributed by atoms with Gasteiger partial charge in [-0.15, -0.1) is 0 Å². The average Bonchev–Trinajstić information content (AvgIpc) is 2.57. The maximum atomic E-state index is 13.8. The molecule has 0 unspecified atom stereocenters. The summed E-state index contributed by atoms with van der Waals surface area (Å²) in [6.45, 7) is 2.32. The van der Waals surface area contributed by atoms with Crippen LogP contribution < -0.4 is 4.90 Å². The zero-order valence-corrected chi connectivity index (χ0v) is 11.5. The van der Waals surface area contributed by atoms with Gasteiger partial charge in [-0.05, 0) is 18.2 Å². The van der Waals surface area contributed by atoms with E-state index in [4.69, 9.17) is 4.74 Å². The van der Waals surface area contributed by atoms with E-state index in [2.05, 4.69) is 4.98 Å². The molecule has 7 heteroatoms. The monoisotopic (exact) mass is 312 g/mol. The smallest absolute Gasteiger partial charge is 0.198 e. The van der Waals surface area contributed by atoms with Crippen LogP contribution in [0.5, 0.6) is 0 Å². The fourth-order valence-electron chi connectivity index (χ4n) is 2.30. The van der Waals surface area contributed by atoms with Crippen LogP contribution in [0.1, 0.15) is 0 Å². The fourth-order valence-corrected chi connectivity index (χ4v) is 2.30. The van der Waals surface area contributed by atoms with Crippen molar-refractivity contribution in [2.75, 3.05) is 31.2 Å². The average molecular weight is 312 g/mol. The molecule has 3 rings (SSSR count). The van der Waals surface area contributed by atoms with Crippen LogP contribution in [-0.4, -0.2) is 31.3 Å². The molecule has 1 aromatic heterocycles. The minimum atomic E-state index is -1.84. The molecular formula is C15H12F4N2O. The van der Waals surface area contributed by atoms with E-state index in [1.807, 2.05) is 4.90 Å². The molecule has 1 aliphatic heterocycles. The van der Waals surface area contributed by atoms with Gasteiger partial charge in [-0.25, -0.2) is 22.5 Å². The molecule has 116 valence electrons. The van der Waals surface area contributed by atoms with Crippen LogP contribution in [0.4, 0.5) is 23.4 Å². The fraction of sp³-hybridized carbons (Fsp3) is 0.267. The first-order valence-electron chi connectivity index (χ1n) is 6.71. The van der Waals surface area contributed by atoms with E-state index in [9.17, 15) is 17.6 Å². The van der Waals surface area contributed by atoms with Gasteiger partial charge in [0, 0.05) is 18.7 Å². The Morgan fingerprint density at radius 1 is 0.955 bits per heavy atom. The molecule has 1 aliphatic rings. The van der Waals surface area contributed by atoms with Gasteiger partial charge in [-0.1, -0.05) is 6.07 Å². The highest BCUT2D eigenvalue weighted by Gasteiger charge is 2.21. The summed E-state index contributed by atoms with van der Waals surface area (Å²) in [5.74, 6) is -6.03. The van der Waals surface area contributed by atoms with Crippen molar-refractivity contribution >= 4 is 5.82 Å². The molecule has 0 atom stereocenters. The van der Waals surface area contributed by atoms with Gasteiger partial charge >= 0.3 is 0 Å². The Balaban J connectivity index is 2.02. The number of pyridine rings is 1. The molecule has 0 radical (unpaired) electrons. The standard InChI is InChI=1S/C15H12F4N2O/c16-10-8-9(13(17)15(19)14(10)18)11-2-1-3-12(20-11)21-4-6-22-7-5-21/h1-3,8H,4-7H2. The molecule has 1 aromatic carbocycles. The second kappa shape index (κ2) is 5.92. The van der Waals surface area contributed by atoms with Crippen LogP contribution in [0.3, 0.4) is 0 Å². The summed E-state index contributed by atoms with van der Waals surface area (Å²) in [6.07, 6.45) is 0. The quantitative estimate of drug-likeness (QED) is 0.484. The molecule has 0 bridgehead atoms. The zero-order chi connectivity index (χ0) is 15.7. The van der Waals surface area contributed by atoms with E-state index in [0.717, 1.165) is 0 Å².